The van der Waals surface area contributed by atoms with Crippen molar-refractivity contribution in [2.45, 2.75) is 18.9 Å². The fourth-order valence-corrected chi connectivity index (χ4v) is 2.46. The minimum Gasteiger partial charge on any atom is -0.385 e. The highest BCUT2D eigenvalue weighted by molar-refractivity contribution is 5.18. The molecule has 1 unspecified atom stereocenters. The van der Waals surface area contributed by atoms with Crippen molar-refractivity contribution in [3.05, 3.63) is 35.9 Å². The Bertz CT molecular complexity index is 346. The largest absolute Gasteiger partial charge is 0.385 e. The zero-order valence-corrected chi connectivity index (χ0v) is 13.7. The van der Waals surface area contributed by atoms with E-state index in [1.165, 1.54) is 5.56 Å². The van der Waals surface area contributed by atoms with E-state index >= 15 is 0 Å². The summed E-state index contributed by atoms with van der Waals surface area (Å²) in [5.41, 5.74) is 1.35. The lowest BCUT2D eigenvalue weighted by Gasteiger charge is -2.25. The number of methoxy groups -OCH3 is 2. The van der Waals surface area contributed by atoms with E-state index in [2.05, 4.69) is 40.5 Å². The molecule has 1 atom stereocenters. The van der Waals surface area contributed by atoms with Crippen molar-refractivity contribution >= 4 is 0 Å². The number of hydrogen-bond donors (Lipinski definition) is 1. The second-order valence-electron chi connectivity index (χ2n) is 5.22. The van der Waals surface area contributed by atoms with Gasteiger partial charge in [0, 0.05) is 46.5 Å². The first kappa shape index (κ1) is 18.1. The molecule has 0 radical (unpaired) electrons. The lowest BCUT2D eigenvalue weighted by Crippen LogP contribution is -2.32. The van der Waals surface area contributed by atoms with Crippen LogP contribution in [-0.2, 0) is 9.47 Å². The quantitative estimate of drug-likeness (QED) is 0.600. The lowest BCUT2D eigenvalue weighted by atomic mass is 10.0. The van der Waals surface area contributed by atoms with Gasteiger partial charge in [0.2, 0.25) is 0 Å². The van der Waals surface area contributed by atoms with Crippen molar-refractivity contribution in [1.29, 1.82) is 0 Å². The number of benzene rings is 1. The first-order valence-electron chi connectivity index (χ1n) is 7.74. The Hall–Kier alpha value is -0.940. The first-order chi connectivity index (χ1) is 10.3. The van der Waals surface area contributed by atoms with Crippen molar-refractivity contribution < 1.29 is 9.47 Å². The third kappa shape index (κ3) is 7.58. The third-order valence-corrected chi connectivity index (χ3v) is 3.72. The molecule has 4 nitrogen and oxygen atoms in total. The molecule has 0 aliphatic rings. The third-order valence-electron chi connectivity index (χ3n) is 3.72. The Morgan fingerprint density at radius 2 is 1.71 bits per heavy atom. The average molecular weight is 294 g/mol. The zero-order chi connectivity index (χ0) is 15.3. The van der Waals surface area contributed by atoms with Crippen LogP contribution in [0.3, 0.4) is 0 Å². The molecule has 120 valence electrons. The number of rotatable bonds is 12. The zero-order valence-electron chi connectivity index (χ0n) is 13.7. The van der Waals surface area contributed by atoms with Gasteiger partial charge in [-0.25, -0.2) is 0 Å². The van der Waals surface area contributed by atoms with Crippen LogP contribution in [0.4, 0.5) is 0 Å². The molecular weight excluding hydrogens is 264 g/mol. The molecule has 21 heavy (non-hydrogen) atoms. The molecule has 0 saturated carbocycles. The van der Waals surface area contributed by atoms with Gasteiger partial charge in [-0.05, 0) is 25.5 Å². The van der Waals surface area contributed by atoms with Gasteiger partial charge in [0.05, 0.1) is 6.61 Å². The predicted octanol–water partition coefficient (Wildman–Crippen LogP) is 2.32. The first-order valence-corrected chi connectivity index (χ1v) is 7.74. The van der Waals surface area contributed by atoms with Crippen LogP contribution in [0.25, 0.3) is 0 Å². The Balaban J connectivity index is 2.44. The van der Waals surface area contributed by atoms with Gasteiger partial charge in [-0.2, -0.15) is 0 Å². The summed E-state index contributed by atoms with van der Waals surface area (Å²) >= 11 is 0. The molecule has 1 N–H and O–H groups in total. The summed E-state index contributed by atoms with van der Waals surface area (Å²) in [5, 5.41) is 3.41. The molecule has 0 heterocycles. The molecule has 1 aromatic rings. The van der Waals surface area contributed by atoms with Crippen LogP contribution in [0.5, 0.6) is 0 Å². The van der Waals surface area contributed by atoms with Crippen molar-refractivity contribution in [3.63, 3.8) is 0 Å². The maximum Gasteiger partial charge on any atom is 0.0589 e. The van der Waals surface area contributed by atoms with Crippen LogP contribution < -0.4 is 5.32 Å². The summed E-state index contributed by atoms with van der Waals surface area (Å²) in [5.74, 6) is 0. The predicted molar refractivity (Wildman–Crippen MR) is 87.7 cm³/mol. The topological polar surface area (TPSA) is 33.7 Å². The van der Waals surface area contributed by atoms with E-state index in [-0.39, 0.29) is 0 Å². The SMILES string of the molecule is CNC(CCN(CCCOC)CCOC)c1ccccc1. The fourth-order valence-electron chi connectivity index (χ4n) is 2.46. The van der Waals surface area contributed by atoms with E-state index in [9.17, 15) is 0 Å². The van der Waals surface area contributed by atoms with Gasteiger partial charge >= 0.3 is 0 Å². The van der Waals surface area contributed by atoms with Crippen LogP contribution in [0.15, 0.2) is 30.3 Å². The van der Waals surface area contributed by atoms with Crippen LogP contribution in [-0.4, -0.2) is 59.0 Å². The van der Waals surface area contributed by atoms with Crippen molar-refractivity contribution in [2.24, 2.45) is 0 Å². The van der Waals surface area contributed by atoms with Gasteiger partial charge in [0.15, 0.2) is 0 Å². The Morgan fingerprint density at radius 1 is 1.00 bits per heavy atom. The molecule has 0 aliphatic carbocycles. The maximum absolute atomic E-state index is 5.21. The van der Waals surface area contributed by atoms with Gasteiger partial charge < -0.3 is 19.7 Å². The summed E-state index contributed by atoms with van der Waals surface area (Å²) in [6.45, 7) is 4.70. The monoisotopic (exact) mass is 294 g/mol. The Labute approximate surface area is 129 Å². The molecule has 0 amide bonds. The normalized spacial score (nSPS) is 12.8. The number of nitrogens with zero attached hydrogens (tertiary/aromatic N) is 1. The molecule has 1 aromatic carbocycles. The molecule has 4 heteroatoms. The van der Waals surface area contributed by atoms with E-state index in [1.807, 2.05) is 7.05 Å². The minimum absolute atomic E-state index is 0.402. The number of nitrogens with one attached hydrogen (secondary N) is 1. The minimum atomic E-state index is 0.402. The van der Waals surface area contributed by atoms with Crippen molar-refractivity contribution in [1.82, 2.24) is 10.2 Å². The Kier molecular flexibility index (Phi) is 10.1. The molecular formula is C17H30N2O2. The summed E-state index contributed by atoms with van der Waals surface area (Å²) < 4.78 is 10.4. The molecule has 0 saturated heterocycles. The molecule has 0 aromatic heterocycles. The van der Waals surface area contributed by atoms with E-state index in [0.29, 0.717) is 6.04 Å². The molecule has 1 rings (SSSR count). The fraction of sp³-hybridized carbons (Fsp3) is 0.647. The van der Waals surface area contributed by atoms with E-state index in [0.717, 1.165) is 45.7 Å². The summed E-state index contributed by atoms with van der Waals surface area (Å²) in [7, 11) is 5.54. The van der Waals surface area contributed by atoms with E-state index in [1.54, 1.807) is 14.2 Å². The second kappa shape index (κ2) is 11.7. The van der Waals surface area contributed by atoms with Gasteiger partial charge in [-0.3, -0.25) is 0 Å². The molecule has 0 aliphatic heterocycles. The number of ether oxygens (including phenoxy) is 2. The summed E-state index contributed by atoms with van der Waals surface area (Å²) in [4.78, 5) is 2.45. The van der Waals surface area contributed by atoms with E-state index in [4.69, 9.17) is 9.47 Å². The molecule has 0 spiro atoms. The molecule has 0 fully saturated rings. The highest BCUT2D eigenvalue weighted by Crippen LogP contribution is 2.16. The van der Waals surface area contributed by atoms with Gasteiger partial charge in [0.25, 0.3) is 0 Å². The standard InChI is InChI=1S/C17H30N2O2/c1-18-17(16-8-5-4-6-9-16)10-12-19(13-15-21-3)11-7-14-20-2/h4-6,8-9,17-18H,7,10-15H2,1-3H3. The maximum atomic E-state index is 5.21. The van der Waals surface area contributed by atoms with Crippen LogP contribution in [0.1, 0.15) is 24.4 Å². The highest BCUT2D eigenvalue weighted by atomic mass is 16.5. The Morgan fingerprint density at radius 3 is 2.33 bits per heavy atom. The lowest BCUT2D eigenvalue weighted by molar-refractivity contribution is 0.130. The van der Waals surface area contributed by atoms with Crippen LogP contribution in [0, 0.1) is 0 Å². The smallest absolute Gasteiger partial charge is 0.0589 e. The van der Waals surface area contributed by atoms with Crippen molar-refractivity contribution in [3.8, 4) is 0 Å². The van der Waals surface area contributed by atoms with Gasteiger partial charge in [-0.15, -0.1) is 0 Å². The molecule has 0 bridgehead atoms. The van der Waals surface area contributed by atoms with Crippen LogP contribution in [0.2, 0.25) is 0 Å². The van der Waals surface area contributed by atoms with Gasteiger partial charge in [0.1, 0.15) is 0 Å². The average Bonchev–Trinajstić information content (AvgIpc) is 2.53. The number of hydrogen-bond acceptors (Lipinski definition) is 4. The summed E-state index contributed by atoms with van der Waals surface area (Å²) in [6, 6.07) is 11.0. The van der Waals surface area contributed by atoms with E-state index < -0.39 is 0 Å². The second-order valence-corrected chi connectivity index (χ2v) is 5.22. The van der Waals surface area contributed by atoms with Crippen LogP contribution >= 0.6 is 0 Å². The van der Waals surface area contributed by atoms with Crippen molar-refractivity contribution in [2.75, 3.05) is 54.1 Å². The highest BCUT2D eigenvalue weighted by Gasteiger charge is 2.11. The summed E-state index contributed by atoms with van der Waals surface area (Å²) in [6.07, 6.45) is 2.16. The van der Waals surface area contributed by atoms with Gasteiger partial charge in [-0.1, -0.05) is 30.3 Å².